The maximum atomic E-state index is 6.07. The van der Waals surface area contributed by atoms with E-state index in [4.69, 9.17) is 15.5 Å². The van der Waals surface area contributed by atoms with E-state index in [0.29, 0.717) is 12.1 Å². The molecule has 2 heterocycles. The molecule has 0 atom stereocenters. The predicted molar refractivity (Wildman–Crippen MR) is 112 cm³/mol. The van der Waals surface area contributed by atoms with Crippen molar-refractivity contribution < 1.29 is 4.74 Å². The summed E-state index contributed by atoms with van der Waals surface area (Å²) >= 11 is 0. The van der Waals surface area contributed by atoms with Crippen molar-refractivity contribution in [3.63, 3.8) is 0 Å². The Bertz CT molecular complexity index is 945. The molecule has 0 aliphatic heterocycles. The lowest BCUT2D eigenvalue weighted by Crippen LogP contribution is -2.33. The second-order valence-electron chi connectivity index (χ2n) is 7.32. The van der Waals surface area contributed by atoms with Crippen LogP contribution in [-0.2, 0) is 6.42 Å². The Labute approximate surface area is 165 Å². The summed E-state index contributed by atoms with van der Waals surface area (Å²) in [6.07, 6.45) is 6.87. The van der Waals surface area contributed by atoms with Crippen LogP contribution in [-0.4, -0.2) is 33.8 Å². The summed E-state index contributed by atoms with van der Waals surface area (Å²) in [5, 5.41) is 11.7. The Morgan fingerprint density at radius 3 is 2.71 bits per heavy atom. The summed E-state index contributed by atoms with van der Waals surface area (Å²) in [6, 6.07) is 10.6. The summed E-state index contributed by atoms with van der Waals surface area (Å²) < 4.78 is 7.37. The van der Waals surface area contributed by atoms with E-state index in [9.17, 15) is 0 Å². The Kier molecular flexibility index (Phi) is 5.34. The van der Waals surface area contributed by atoms with Crippen LogP contribution in [0, 0.1) is 0 Å². The minimum atomic E-state index is 0.330. The Morgan fingerprint density at radius 2 is 1.96 bits per heavy atom. The summed E-state index contributed by atoms with van der Waals surface area (Å²) in [5.41, 5.74) is 8.89. The number of aromatic nitrogens is 3. The molecule has 0 spiro atoms. The van der Waals surface area contributed by atoms with E-state index < -0.39 is 0 Å². The number of ether oxygens (including phenoxy) is 1. The average molecular weight is 380 g/mol. The third kappa shape index (κ3) is 3.62. The van der Waals surface area contributed by atoms with Crippen molar-refractivity contribution >= 4 is 23.0 Å². The van der Waals surface area contributed by atoms with Gasteiger partial charge in [0.05, 0.1) is 19.0 Å². The lowest BCUT2D eigenvalue weighted by Gasteiger charge is -2.28. The highest BCUT2D eigenvalue weighted by Gasteiger charge is 2.22. The molecule has 28 heavy (non-hydrogen) atoms. The third-order valence-electron chi connectivity index (χ3n) is 5.46. The molecule has 4 N–H and O–H groups in total. The molecular formula is C21H28N6O. The molecule has 0 radical (unpaired) electrons. The average Bonchev–Trinajstić information content (AvgIpc) is 3.18. The number of nitrogens with zero attached hydrogens (tertiary/aromatic N) is 3. The van der Waals surface area contributed by atoms with Crippen LogP contribution in [0.4, 0.5) is 17.3 Å². The lowest BCUT2D eigenvalue weighted by atomic mass is 9.92. The van der Waals surface area contributed by atoms with E-state index in [0.717, 1.165) is 66.4 Å². The zero-order valence-corrected chi connectivity index (χ0v) is 16.5. The molecule has 4 rings (SSSR count). The molecular weight excluding hydrogens is 352 g/mol. The van der Waals surface area contributed by atoms with Crippen molar-refractivity contribution in [2.24, 2.45) is 5.73 Å². The topological polar surface area (TPSA) is 89.5 Å². The minimum Gasteiger partial charge on any atom is -0.495 e. The van der Waals surface area contributed by atoms with Gasteiger partial charge in [0.2, 0.25) is 0 Å². The molecule has 2 aromatic heterocycles. The van der Waals surface area contributed by atoms with Crippen molar-refractivity contribution in [2.75, 3.05) is 17.7 Å². The van der Waals surface area contributed by atoms with Crippen LogP contribution in [0.2, 0.25) is 0 Å². The van der Waals surface area contributed by atoms with Gasteiger partial charge in [-0.1, -0.05) is 19.1 Å². The summed E-state index contributed by atoms with van der Waals surface area (Å²) in [5.74, 6) is 2.63. The minimum absolute atomic E-state index is 0.330. The van der Waals surface area contributed by atoms with E-state index in [2.05, 4.69) is 22.7 Å². The molecule has 1 aliphatic rings. The van der Waals surface area contributed by atoms with Crippen LogP contribution < -0.4 is 21.1 Å². The van der Waals surface area contributed by atoms with E-state index >= 15 is 0 Å². The number of hydrogen-bond donors (Lipinski definition) is 3. The largest absolute Gasteiger partial charge is 0.495 e. The number of anilines is 3. The van der Waals surface area contributed by atoms with E-state index in [1.165, 1.54) is 0 Å². The Morgan fingerprint density at radius 1 is 1.18 bits per heavy atom. The Balaban J connectivity index is 1.73. The second kappa shape index (κ2) is 8.06. The smallest absolute Gasteiger partial charge is 0.159 e. The van der Waals surface area contributed by atoms with Crippen molar-refractivity contribution in [2.45, 2.75) is 51.1 Å². The number of para-hydroxylation sites is 2. The number of hydrogen-bond acceptors (Lipinski definition) is 6. The molecule has 148 valence electrons. The van der Waals surface area contributed by atoms with Crippen molar-refractivity contribution in [1.82, 2.24) is 14.6 Å². The quantitative estimate of drug-likeness (QED) is 0.604. The summed E-state index contributed by atoms with van der Waals surface area (Å²) in [7, 11) is 1.68. The number of methoxy groups -OCH3 is 1. The number of rotatable bonds is 6. The van der Waals surface area contributed by atoms with Gasteiger partial charge in [-0.3, -0.25) is 0 Å². The maximum Gasteiger partial charge on any atom is 0.159 e. The van der Waals surface area contributed by atoms with Crippen LogP contribution in [0.25, 0.3) is 5.65 Å². The molecule has 1 aromatic carbocycles. The van der Waals surface area contributed by atoms with Gasteiger partial charge in [-0.15, -0.1) is 0 Å². The van der Waals surface area contributed by atoms with E-state index in [1.807, 2.05) is 34.8 Å². The maximum absolute atomic E-state index is 6.07. The van der Waals surface area contributed by atoms with E-state index in [-0.39, 0.29) is 0 Å². The number of nitrogens with two attached hydrogens (primary N) is 1. The van der Waals surface area contributed by atoms with Gasteiger partial charge in [-0.25, -0.2) is 4.98 Å². The molecule has 1 fully saturated rings. The fourth-order valence-corrected chi connectivity index (χ4v) is 3.89. The lowest BCUT2D eigenvalue weighted by molar-refractivity contribution is 0.410. The predicted octanol–water partition coefficient (Wildman–Crippen LogP) is 3.73. The van der Waals surface area contributed by atoms with Gasteiger partial charge in [-0.2, -0.15) is 9.61 Å². The third-order valence-corrected chi connectivity index (χ3v) is 5.46. The molecule has 1 aliphatic carbocycles. The molecule has 1 saturated carbocycles. The standard InChI is InChI=1S/C21H28N6O/c1-3-16-20(24-15-10-8-14(22)9-11-15)26-19-12-13-23-27(19)21(16)25-17-6-4-5-7-18(17)28-2/h4-7,12-15,25H,3,8-11,22H2,1-2H3,(H,24,26). The molecule has 3 aromatic rings. The normalized spacial score (nSPS) is 19.5. The first-order chi connectivity index (χ1) is 13.7. The van der Waals surface area contributed by atoms with Crippen molar-refractivity contribution in [1.29, 1.82) is 0 Å². The highest BCUT2D eigenvalue weighted by molar-refractivity contribution is 5.72. The van der Waals surface area contributed by atoms with Gasteiger partial charge in [0.25, 0.3) is 0 Å². The van der Waals surface area contributed by atoms with Crippen LogP contribution in [0.5, 0.6) is 5.75 Å². The molecule has 0 unspecified atom stereocenters. The first kappa shape index (κ1) is 18.6. The van der Waals surface area contributed by atoms with Gasteiger partial charge < -0.3 is 21.1 Å². The number of nitrogens with one attached hydrogen (secondary N) is 2. The van der Waals surface area contributed by atoms with Gasteiger partial charge in [0, 0.05) is 23.7 Å². The van der Waals surface area contributed by atoms with Crippen molar-refractivity contribution in [3.8, 4) is 5.75 Å². The Hall–Kier alpha value is -2.80. The molecule has 0 bridgehead atoms. The van der Waals surface area contributed by atoms with Crippen LogP contribution in [0.3, 0.4) is 0 Å². The number of fused-ring (bicyclic) bond motifs is 1. The zero-order chi connectivity index (χ0) is 19.5. The SMILES string of the molecule is CCc1c(NC2CCC(N)CC2)nc2ccnn2c1Nc1ccccc1OC. The van der Waals surface area contributed by atoms with Crippen LogP contribution in [0.1, 0.15) is 38.2 Å². The highest BCUT2D eigenvalue weighted by Crippen LogP contribution is 2.33. The first-order valence-corrected chi connectivity index (χ1v) is 9.98. The fraction of sp³-hybridized carbons (Fsp3) is 0.429. The monoisotopic (exact) mass is 380 g/mol. The molecule has 0 saturated heterocycles. The van der Waals surface area contributed by atoms with Crippen LogP contribution in [0.15, 0.2) is 36.5 Å². The number of benzene rings is 1. The summed E-state index contributed by atoms with van der Waals surface area (Å²) in [4.78, 5) is 4.85. The fourth-order valence-electron chi connectivity index (χ4n) is 3.89. The summed E-state index contributed by atoms with van der Waals surface area (Å²) in [6.45, 7) is 2.14. The molecule has 7 heteroatoms. The van der Waals surface area contributed by atoms with Crippen molar-refractivity contribution in [3.05, 3.63) is 42.1 Å². The first-order valence-electron chi connectivity index (χ1n) is 9.98. The van der Waals surface area contributed by atoms with Gasteiger partial charge in [0.15, 0.2) is 5.65 Å². The van der Waals surface area contributed by atoms with Gasteiger partial charge in [0.1, 0.15) is 17.4 Å². The second-order valence-corrected chi connectivity index (χ2v) is 7.32. The van der Waals surface area contributed by atoms with Gasteiger partial charge >= 0.3 is 0 Å². The molecule has 0 amide bonds. The van der Waals surface area contributed by atoms with Gasteiger partial charge in [-0.05, 0) is 44.2 Å². The van der Waals surface area contributed by atoms with Crippen LogP contribution >= 0.6 is 0 Å². The zero-order valence-electron chi connectivity index (χ0n) is 16.5. The molecule has 7 nitrogen and oxygen atoms in total. The highest BCUT2D eigenvalue weighted by atomic mass is 16.5. The van der Waals surface area contributed by atoms with E-state index in [1.54, 1.807) is 13.3 Å².